The van der Waals surface area contributed by atoms with Crippen LogP contribution in [0, 0.1) is 17.3 Å². The Morgan fingerprint density at radius 2 is 1.73 bits per heavy atom. The molecule has 4 aliphatic rings. The van der Waals surface area contributed by atoms with E-state index in [1.807, 2.05) is 12.1 Å². The van der Waals surface area contributed by atoms with Crippen LogP contribution in [0.5, 0.6) is 0 Å². The van der Waals surface area contributed by atoms with Crippen molar-refractivity contribution >= 4 is 33.4 Å². The predicted molar refractivity (Wildman–Crippen MR) is 106 cm³/mol. The van der Waals surface area contributed by atoms with Crippen molar-refractivity contribution in [3.05, 3.63) is 29.8 Å². The standard InChI is InChI=1S/C21H27BrN2O2/c1-24(2)19(26)16-3-5-17(6-4-16)23-18(25)12-20-8-14-7-15(9-20)11-21(22,10-14)13-20/h3-6,14-15H,7-13H2,1-2H3,(H,23,25)/t14-,15+,20?,21?. The van der Waals surface area contributed by atoms with Crippen LogP contribution in [0.1, 0.15) is 55.3 Å². The van der Waals surface area contributed by atoms with E-state index in [1.54, 1.807) is 31.1 Å². The summed E-state index contributed by atoms with van der Waals surface area (Å²) in [6.07, 6.45) is 8.10. The summed E-state index contributed by atoms with van der Waals surface area (Å²) in [6.45, 7) is 0. The molecule has 5 rings (SSSR count). The molecule has 4 fully saturated rings. The molecule has 1 aromatic rings. The van der Waals surface area contributed by atoms with Gasteiger partial charge in [-0.2, -0.15) is 0 Å². The molecule has 26 heavy (non-hydrogen) atoms. The highest BCUT2D eigenvalue weighted by Gasteiger charge is 2.57. The van der Waals surface area contributed by atoms with Gasteiger partial charge in [-0.25, -0.2) is 0 Å². The Kier molecular flexibility index (Phi) is 4.41. The number of rotatable bonds is 4. The third-order valence-electron chi connectivity index (χ3n) is 6.47. The van der Waals surface area contributed by atoms with Crippen LogP contribution in [0.2, 0.25) is 0 Å². The van der Waals surface area contributed by atoms with Gasteiger partial charge in [0, 0.05) is 36.1 Å². The van der Waals surface area contributed by atoms with Gasteiger partial charge in [-0.3, -0.25) is 9.59 Å². The Labute approximate surface area is 163 Å². The first-order valence-corrected chi connectivity index (χ1v) is 10.4. The van der Waals surface area contributed by atoms with Gasteiger partial charge in [0.2, 0.25) is 5.91 Å². The van der Waals surface area contributed by atoms with Gasteiger partial charge < -0.3 is 10.2 Å². The topological polar surface area (TPSA) is 49.4 Å². The van der Waals surface area contributed by atoms with Crippen molar-refractivity contribution in [1.29, 1.82) is 0 Å². The van der Waals surface area contributed by atoms with Crippen molar-refractivity contribution in [2.45, 2.75) is 49.3 Å². The zero-order valence-corrected chi connectivity index (χ0v) is 17.1. The van der Waals surface area contributed by atoms with E-state index in [-0.39, 0.29) is 21.6 Å². The minimum Gasteiger partial charge on any atom is -0.345 e. The summed E-state index contributed by atoms with van der Waals surface area (Å²) < 4.78 is 0.283. The molecule has 0 radical (unpaired) electrons. The smallest absolute Gasteiger partial charge is 0.253 e. The van der Waals surface area contributed by atoms with E-state index in [4.69, 9.17) is 0 Å². The Hall–Kier alpha value is -1.36. The molecule has 4 nitrogen and oxygen atoms in total. The Bertz CT molecular complexity index is 714. The normalized spacial score (nSPS) is 34.6. The number of carbonyl (C=O) groups is 2. The molecule has 4 aliphatic carbocycles. The lowest BCUT2D eigenvalue weighted by atomic mass is 9.48. The highest BCUT2D eigenvalue weighted by molar-refractivity contribution is 9.10. The molecule has 2 unspecified atom stereocenters. The van der Waals surface area contributed by atoms with Crippen LogP contribution in [0.25, 0.3) is 0 Å². The summed E-state index contributed by atoms with van der Waals surface area (Å²) in [6, 6.07) is 7.19. The third-order valence-corrected chi connectivity index (χ3v) is 7.40. The maximum Gasteiger partial charge on any atom is 0.253 e. The molecule has 0 saturated heterocycles. The van der Waals surface area contributed by atoms with Gasteiger partial charge in [-0.15, -0.1) is 0 Å². The van der Waals surface area contributed by atoms with Gasteiger partial charge >= 0.3 is 0 Å². The van der Waals surface area contributed by atoms with Crippen molar-refractivity contribution < 1.29 is 9.59 Å². The van der Waals surface area contributed by atoms with Crippen LogP contribution in [0.15, 0.2) is 24.3 Å². The molecule has 4 saturated carbocycles. The van der Waals surface area contributed by atoms with Crippen molar-refractivity contribution in [3.63, 3.8) is 0 Å². The second kappa shape index (κ2) is 6.36. The zero-order chi connectivity index (χ0) is 18.5. The lowest BCUT2D eigenvalue weighted by molar-refractivity contribution is -0.123. The number of nitrogens with zero attached hydrogens (tertiary/aromatic N) is 1. The molecule has 1 aromatic carbocycles. The van der Waals surface area contributed by atoms with Crippen LogP contribution >= 0.6 is 15.9 Å². The Morgan fingerprint density at radius 1 is 1.12 bits per heavy atom. The molecule has 140 valence electrons. The minimum atomic E-state index is -0.0286. The van der Waals surface area contributed by atoms with Crippen LogP contribution in [-0.2, 0) is 4.79 Å². The fraction of sp³-hybridized carbons (Fsp3) is 0.619. The number of alkyl halides is 1. The van der Waals surface area contributed by atoms with Crippen LogP contribution < -0.4 is 5.32 Å². The summed E-state index contributed by atoms with van der Waals surface area (Å²) in [5, 5.41) is 3.05. The second-order valence-electron chi connectivity index (χ2n) is 9.11. The summed E-state index contributed by atoms with van der Waals surface area (Å²) in [5.74, 6) is 1.66. The quantitative estimate of drug-likeness (QED) is 0.734. The fourth-order valence-corrected chi connectivity index (χ4v) is 7.55. The first-order chi connectivity index (χ1) is 12.3. The molecule has 4 bridgehead atoms. The Balaban J connectivity index is 1.41. The van der Waals surface area contributed by atoms with Gasteiger partial charge in [0.05, 0.1) is 0 Å². The van der Waals surface area contributed by atoms with Crippen LogP contribution in [-0.4, -0.2) is 35.1 Å². The fourth-order valence-electron chi connectivity index (χ4n) is 6.04. The number of anilines is 1. The molecule has 1 N–H and O–H groups in total. The van der Waals surface area contributed by atoms with Gasteiger partial charge in [-0.05, 0) is 80.0 Å². The molecule has 0 spiro atoms. The molecule has 0 aromatic heterocycles. The van der Waals surface area contributed by atoms with Gasteiger partial charge in [0.25, 0.3) is 5.91 Å². The molecule has 2 amide bonds. The Morgan fingerprint density at radius 3 is 2.27 bits per heavy atom. The van der Waals surface area contributed by atoms with E-state index in [9.17, 15) is 9.59 Å². The summed E-state index contributed by atoms with van der Waals surface area (Å²) in [5.41, 5.74) is 1.58. The van der Waals surface area contributed by atoms with Crippen molar-refractivity contribution in [3.8, 4) is 0 Å². The van der Waals surface area contributed by atoms with Gasteiger partial charge in [-0.1, -0.05) is 15.9 Å². The number of nitrogens with one attached hydrogen (secondary N) is 1. The van der Waals surface area contributed by atoms with Crippen LogP contribution in [0.3, 0.4) is 0 Å². The van der Waals surface area contributed by atoms with E-state index in [2.05, 4.69) is 21.2 Å². The van der Waals surface area contributed by atoms with Crippen molar-refractivity contribution in [2.75, 3.05) is 19.4 Å². The van der Waals surface area contributed by atoms with E-state index in [1.165, 1.54) is 32.1 Å². The van der Waals surface area contributed by atoms with Crippen molar-refractivity contribution in [2.24, 2.45) is 17.3 Å². The van der Waals surface area contributed by atoms with Gasteiger partial charge in [0.1, 0.15) is 0 Å². The number of hydrogen-bond acceptors (Lipinski definition) is 2. The summed E-state index contributed by atoms with van der Waals surface area (Å²) >= 11 is 4.01. The highest BCUT2D eigenvalue weighted by atomic mass is 79.9. The monoisotopic (exact) mass is 418 g/mol. The first kappa shape index (κ1) is 18.0. The minimum absolute atomic E-state index is 0.0286. The number of halogens is 1. The molecular formula is C21H27BrN2O2. The molecule has 0 heterocycles. The lowest BCUT2D eigenvalue weighted by Gasteiger charge is -2.60. The lowest BCUT2D eigenvalue weighted by Crippen LogP contribution is -2.53. The molecular weight excluding hydrogens is 392 g/mol. The number of carbonyl (C=O) groups excluding carboxylic acids is 2. The number of amides is 2. The summed E-state index contributed by atoms with van der Waals surface area (Å²) in [4.78, 5) is 26.2. The molecule has 4 atom stereocenters. The van der Waals surface area contributed by atoms with E-state index in [0.717, 1.165) is 23.9 Å². The average Bonchev–Trinajstić information content (AvgIpc) is 2.51. The van der Waals surface area contributed by atoms with Crippen LogP contribution in [0.4, 0.5) is 5.69 Å². The predicted octanol–water partition coefficient (Wildman–Crippen LogP) is 4.45. The maximum atomic E-state index is 12.7. The highest BCUT2D eigenvalue weighted by Crippen LogP contribution is 2.65. The van der Waals surface area contributed by atoms with Crippen molar-refractivity contribution in [1.82, 2.24) is 4.90 Å². The first-order valence-electron chi connectivity index (χ1n) is 9.56. The molecule has 5 heteroatoms. The third kappa shape index (κ3) is 3.42. The number of benzene rings is 1. The number of hydrogen-bond donors (Lipinski definition) is 1. The maximum absolute atomic E-state index is 12.7. The van der Waals surface area contributed by atoms with E-state index >= 15 is 0 Å². The van der Waals surface area contributed by atoms with E-state index < -0.39 is 0 Å². The largest absolute Gasteiger partial charge is 0.345 e. The van der Waals surface area contributed by atoms with Gasteiger partial charge in [0.15, 0.2) is 0 Å². The van der Waals surface area contributed by atoms with E-state index in [0.29, 0.717) is 12.0 Å². The summed E-state index contributed by atoms with van der Waals surface area (Å²) in [7, 11) is 3.47. The SMILES string of the molecule is CN(C)C(=O)c1ccc(NC(=O)CC23C[C@@H]4C[C@@H](CC(Br)(C4)C2)C3)cc1. The zero-order valence-electron chi connectivity index (χ0n) is 15.6. The second-order valence-corrected chi connectivity index (χ2v) is 10.8. The average molecular weight is 419 g/mol. The molecule has 0 aliphatic heterocycles.